The molecular weight excluding hydrogens is 344 g/mol. The lowest BCUT2D eigenvalue weighted by Gasteiger charge is -2.23. The second-order valence-corrected chi connectivity index (χ2v) is 6.52. The molecule has 27 heavy (non-hydrogen) atoms. The lowest BCUT2D eigenvalue weighted by molar-refractivity contribution is -0.105. The largest absolute Gasteiger partial charge is 0.507 e. The molecule has 5 heteroatoms. The Morgan fingerprint density at radius 3 is 2.52 bits per heavy atom. The molecule has 0 aliphatic carbocycles. The number of benzene rings is 2. The number of ether oxygens (including phenoxy) is 3. The van der Waals surface area contributed by atoms with E-state index in [-0.39, 0.29) is 23.4 Å². The fourth-order valence-electron chi connectivity index (χ4n) is 2.96. The molecule has 2 aromatic carbocycles. The first-order valence-corrected chi connectivity index (χ1v) is 9.05. The molecule has 3 rings (SSSR count). The minimum Gasteiger partial charge on any atom is -0.507 e. The zero-order valence-electron chi connectivity index (χ0n) is 15.6. The molecule has 2 aromatic rings. The SMILES string of the molecule is COc1ccc(/C=C(\C)C(=O)c2ccc(OC3CCCCO3)cc2O)cc1. The maximum Gasteiger partial charge on any atom is 0.199 e. The lowest BCUT2D eigenvalue weighted by atomic mass is 10.0. The summed E-state index contributed by atoms with van der Waals surface area (Å²) in [5.74, 6) is 0.915. The average Bonchev–Trinajstić information content (AvgIpc) is 2.69. The van der Waals surface area contributed by atoms with Gasteiger partial charge in [0.15, 0.2) is 12.1 Å². The number of allylic oxidation sites excluding steroid dienone is 1. The van der Waals surface area contributed by atoms with Crippen LogP contribution in [0.3, 0.4) is 0 Å². The van der Waals surface area contributed by atoms with Crippen LogP contribution in [0.25, 0.3) is 6.08 Å². The molecule has 1 unspecified atom stereocenters. The summed E-state index contributed by atoms with van der Waals surface area (Å²) in [6, 6.07) is 12.1. The minimum absolute atomic E-state index is 0.101. The molecule has 142 valence electrons. The molecule has 0 amide bonds. The van der Waals surface area contributed by atoms with Gasteiger partial charge in [-0.15, -0.1) is 0 Å². The highest BCUT2D eigenvalue weighted by atomic mass is 16.7. The van der Waals surface area contributed by atoms with Gasteiger partial charge in [-0.3, -0.25) is 4.79 Å². The van der Waals surface area contributed by atoms with Gasteiger partial charge in [0.25, 0.3) is 0 Å². The first-order chi connectivity index (χ1) is 13.1. The van der Waals surface area contributed by atoms with Crippen LogP contribution >= 0.6 is 0 Å². The number of carbonyl (C=O) groups excluding carboxylic acids is 1. The van der Waals surface area contributed by atoms with Gasteiger partial charge in [0.1, 0.15) is 17.2 Å². The van der Waals surface area contributed by atoms with E-state index in [2.05, 4.69) is 0 Å². The topological polar surface area (TPSA) is 65.0 Å². The molecule has 0 saturated carbocycles. The standard InChI is InChI=1S/C22H24O5/c1-15(13-16-6-8-17(25-2)9-7-16)22(24)19-11-10-18(14-20(19)23)27-21-5-3-4-12-26-21/h6-11,13-14,21,23H,3-5,12H2,1-2H3/b15-13+. The summed E-state index contributed by atoms with van der Waals surface area (Å²) < 4.78 is 16.4. The van der Waals surface area contributed by atoms with E-state index in [0.717, 1.165) is 30.6 Å². The molecule has 1 N–H and O–H groups in total. The average molecular weight is 368 g/mol. The van der Waals surface area contributed by atoms with Crippen LogP contribution in [0.1, 0.15) is 42.1 Å². The normalized spacial score (nSPS) is 17.4. The maximum absolute atomic E-state index is 12.7. The Morgan fingerprint density at radius 2 is 1.89 bits per heavy atom. The van der Waals surface area contributed by atoms with Crippen molar-refractivity contribution in [2.45, 2.75) is 32.5 Å². The third kappa shape index (κ3) is 4.89. The quantitative estimate of drug-likeness (QED) is 0.597. The Labute approximate surface area is 159 Å². The first kappa shape index (κ1) is 19.0. The van der Waals surface area contributed by atoms with E-state index in [9.17, 15) is 9.90 Å². The van der Waals surface area contributed by atoms with Gasteiger partial charge in [-0.2, -0.15) is 0 Å². The molecule has 0 spiro atoms. The van der Waals surface area contributed by atoms with Gasteiger partial charge in [-0.1, -0.05) is 12.1 Å². The van der Waals surface area contributed by atoms with Crippen molar-refractivity contribution >= 4 is 11.9 Å². The molecule has 5 nitrogen and oxygen atoms in total. The van der Waals surface area contributed by atoms with Gasteiger partial charge in [-0.25, -0.2) is 0 Å². The number of rotatable bonds is 6. The zero-order chi connectivity index (χ0) is 19.2. The third-order valence-corrected chi connectivity index (χ3v) is 4.48. The van der Waals surface area contributed by atoms with E-state index in [4.69, 9.17) is 14.2 Å². The monoisotopic (exact) mass is 368 g/mol. The molecule has 1 heterocycles. The molecule has 0 aromatic heterocycles. The van der Waals surface area contributed by atoms with Crippen LogP contribution in [0.4, 0.5) is 0 Å². The number of Topliss-reactive ketones (excluding diaryl/α,β-unsaturated/α-hetero) is 1. The van der Waals surface area contributed by atoms with Crippen LogP contribution in [0.2, 0.25) is 0 Å². The highest BCUT2D eigenvalue weighted by Crippen LogP contribution is 2.28. The summed E-state index contributed by atoms with van der Waals surface area (Å²) in [5, 5.41) is 10.3. The van der Waals surface area contributed by atoms with E-state index in [0.29, 0.717) is 17.9 Å². The number of aromatic hydroxyl groups is 1. The molecule has 1 aliphatic heterocycles. The molecule has 1 fully saturated rings. The van der Waals surface area contributed by atoms with E-state index in [1.54, 1.807) is 32.2 Å². The summed E-state index contributed by atoms with van der Waals surface area (Å²) in [7, 11) is 1.61. The van der Waals surface area contributed by atoms with Crippen LogP contribution < -0.4 is 9.47 Å². The van der Waals surface area contributed by atoms with E-state index in [1.807, 2.05) is 24.3 Å². The van der Waals surface area contributed by atoms with Crippen molar-refractivity contribution in [3.05, 3.63) is 59.2 Å². The maximum atomic E-state index is 12.7. The second kappa shape index (κ2) is 8.73. The number of hydrogen-bond acceptors (Lipinski definition) is 5. The van der Waals surface area contributed by atoms with Crippen LogP contribution in [0.5, 0.6) is 17.2 Å². The number of methoxy groups -OCH3 is 1. The fourth-order valence-corrected chi connectivity index (χ4v) is 2.96. The number of phenols is 1. The summed E-state index contributed by atoms with van der Waals surface area (Å²) in [4.78, 5) is 12.7. The summed E-state index contributed by atoms with van der Waals surface area (Å²) in [6.45, 7) is 2.41. The number of carbonyl (C=O) groups is 1. The highest BCUT2D eigenvalue weighted by Gasteiger charge is 2.18. The Bertz CT molecular complexity index is 817. The van der Waals surface area contributed by atoms with Crippen molar-refractivity contribution in [2.24, 2.45) is 0 Å². The molecule has 0 radical (unpaired) electrons. The highest BCUT2D eigenvalue weighted by molar-refractivity contribution is 6.12. The van der Waals surface area contributed by atoms with Crippen LogP contribution in [-0.4, -0.2) is 30.9 Å². The number of hydrogen-bond donors (Lipinski definition) is 1. The van der Waals surface area contributed by atoms with Crippen LogP contribution in [0.15, 0.2) is 48.0 Å². The van der Waals surface area contributed by atoms with Gasteiger partial charge < -0.3 is 19.3 Å². The van der Waals surface area contributed by atoms with Crippen molar-refractivity contribution in [3.8, 4) is 17.2 Å². The lowest BCUT2D eigenvalue weighted by Crippen LogP contribution is -2.24. The van der Waals surface area contributed by atoms with Gasteiger partial charge >= 0.3 is 0 Å². The molecule has 1 saturated heterocycles. The number of phenolic OH excluding ortho intramolecular Hbond substituents is 1. The van der Waals surface area contributed by atoms with Crippen molar-refractivity contribution in [2.75, 3.05) is 13.7 Å². The first-order valence-electron chi connectivity index (χ1n) is 9.05. The smallest absolute Gasteiger partial charge is 0.199 e. The fraction of sp³-hybridized carbons (Fsp3) is 0.318. The summed E-state index contributed by atoms with van der Waals surface area (Å²) >= 11 is 0. The molecule has 0 bridgehead atoms. The third-order valence-electron chi connectivity index (χ3n) is 4.48. The van der Waals surface area contributed by atoms with Crippen LogP contribution in [-0.2, 0) is 4.74 Å². The van der Waals surface area contributed by atoms with Crippen molar-refractivity contribution in [1.82, 2.24) is 0 Å². The Balaban J connectivity index is 1.72. The summed E-state index contributed by atoms with van der Waals surface area (Å²) in [5.41, 5.74) is 1.66. The second-order valence-electron chi connectivity index (χ2n) is 6.52. The van der Waals surface area contributed by atoms with Crippen LogP contribution in [0, 0.1) is 0 Å². The van der Waals surface area contributed by atoms with E-state index in [1.165, 1.54) is 6.07 Å². The van der Waals surface area contributed by atoms with Crippen molar-refractivity contribution in [3.63, 3.8) is 0 Å². The van der Waals surface area contributed by atoms with Gasteiger partial charge in [-0.05, 0) is 61.2 Å². The van der Waals surface area contributed by atoms with E-state index >= 15 is 0 Å². The van der Waals surface area contributed by atoms with Crippen molar-refractivity contribution < 1.29 is 24.1 Å². The van der Waals surface area contributed by atoms with Gasteiger partial charge in [0.2, 0.25) is 0 Å². The number of ketones is 1. The minimum atomic E-state index is -0.295. The molecule has 1 atom stereocenters. The summed E-state index contributed by atoms with van der Waals surface area (Å²) in [6.07, 6.45) is 4.41. The predicted octanol–water partition coefficient (Wildman–Crippen LogP) is 4.59. The zero-order valence-corrected chi connectivity index (χ0v) is 15.6. The Morgan fingerprint density at radius 1 is 1.15 bits per heavy atom. The van der Waals surface area contributed by atoms with E-state index < -0.39 is 0 Å². The van der Waals surface area contributed by atoms with Gasteiger partial charge in [0, 0.05) is 12.5 Å². The Kier molecular flexibility index (Phi) is 6.14. The van der Waals surface area contributed by atoms with Crippen molar-refractivity contribution in [1.29, 1.82) is 0 Å². The predicted molar refractivity (Wildman–Crippen MR) is 103 cm³/mol. The molecule has 1 aliphatic rings. The molecular formula is C22H24O5. The van der Waals surface area contributed by atoms with Gasteiger partial charge in [0.05, 0.1) is 19.3 Å². The Hall–Kier alpha value is -2.79.